The molecule has 1 aliphatic heterocycles. The van der Waals surface area contributed by atoms with Gasteiger partial charge in [0.15, 0.2) is 11.7 Å². The summed E-state index contributed by atoms with van der Waals surface area (Å²) in [6.45, 7) is 3.42. The number of amides is 1. The van der Waals surface area contributed by atoms with Crippen molar-refractivity contribution in [3.8, 4) is 11.3 Å². The van der Waals surface area contributed by atoms with Gasteiger partial charge in [-0.05, 0) is 36.2 Å². The van der Waals surface area contributed by atoms with Crippen molar-refractivity contribution in [2.45, 2.75) is 19.3 Å². The number of anilines is 1. The third-order valence-corrected chi connectivity index (χ3v) is 6.26. The number of benzene rings is 2. The van der Waals surface area contributed by atoms with Crippen molar-refractivity contribution < 1.29 is 13.6 Å². The average molecular weight is 440 g/mol. The molecule has 31 heavy (non-hydrogen) atoms. The lowest BCUT2D eigenvalue weighted by atomic mass is 10.1. The lowest BCUT2D eigenvalue weighted by Crippen LogP contribution is -2.34. The summed E-state index contributed by atoms with van der Waals surface area (Å²) in [5.41, 5.74) is 2.42. The van der Waals surface area contributed by atoms with E-state index in [1.165, 1.54) is 42.4 Å². The number of rotatable bonds is 8. The monoisotopic (exact) mass is 439 g/mol. The number of aromatic nitrogens is 1. The van der Waals surface area contributed by atoms with Crippen LogP contribution in [-0.2, 0) is 17.6 Å². The number of halogens is 1. The first-order valence-electron chi connectivity index (χ1n) is 10.6. The molecular formula is C24H26FN3O2S. The molecule has 0 atom stereocenters. The molecular weight excluding hydrogens is 413 g/mol. The van der Waals surface area contributed by atoms with Crippen molar-refractivity contribution in [1.82, 2.24) is 9.88 Å². The molecule has 1 amide bonds. The Morgan fingerprint density at radius 1 is 1.10 bits per heavy atom. The molecule has 0 bridgehead atoms. The van der Waals surface area contributed by atoms with Crippen LogP contribution in [0, 0.1) is 5.82 Å². The Kier molecular flexibility index (Phi) is 7.38. The van der Waals surface area contributed by atoms with Gasteiger partial charge >= 0.3 is 0 Å². The molecule has 1 saturated heterocycles. The Labute approximate surface area is 186 Å². The highest BCUT2D eigenvalue weighted by Crippen LogP contribution is 2.23. The molecule has 0 saturated carbocycles. The minimum Gasteiger partial charge on any atom is -0.441 e. The van der Waals surface area contributed by atoms with Crippen molar-refractivity contribution in [3.05, 3.63) is 72.0 Å². The molecule has 0 spiro atoms. The maximum Gasteiger partial charge on any atom is 0.224 e. The largest absolute Gasteiger partial charge is 0.441 e. The summed E-state index contributed by atoms with van der Waals surface area (Å²) in [6, 6.07) is 14.4. The Hall–Kier alpha value is -2.64. The van der Waals surface area contributed by atoms with E-state index in [4.69, 9.17) is 4.42 Å². The highest BCUT2D eigenvalue weighted by atomic mass is 32.2. The van der Waals surface area contributed by atoms with Crippen LogP contribution in [0.15, 0.2) is 59.1 Å². The van der Waals surface area contributed by atoms with Crippen LogP contribution in [0.5, 0.6) is 0 Å². The predicted molar refractivity (Wildman–Crippen MR) is 123 cm³/mol. The van der Waals surface area contributed by atoms with Gasteiger partial charge < -0.3 is 14.6 Å². The van der Waals surface area contributed by atoms with E-state index in [-0.39, 0.29) is 18.1 Å². The third kappa shape index (κ3) is 6.18. The lowest BCUT2D eigenvalue weighted by molar-refractivity contribution is -0.116. The van der Waals surface area contributed by atoms with Crippen molar-refractivity contribution in [2.24, 2.45) is 0 Å². The summed E-state index contributed by atoms with van der Waals surface area (Å²) >= 11 is 2.02. The quantitative estimate of drug-likeness (QED) is 0.554. The second-order valence-corrected chi connectivity index (χ2v) is 8.77. The van der Waals surface area contributed by atoms with Gasteiger partial charge in [-0.3, -0.25) is 4.79 Å². The fourth-order valence-electron chi connectivity index (χ4n) is 3.52. The summed E-state index contributed by atoms with van der Waals surface area (Å²) in [5, 5.41) is 2.91. The summed E-state index contributed by atoms with van der Waals surface area (Å²) in [5.74, 6) is 2.77. The van der Waals surface area contributed by atoms with Gasteiger partial charge in [-0.25, -0.2) is 9.37 Å². The number of aryl methyl sites for hydroxylation is 1. The van der Waals surface area contributed by atoms with E-state index in [1.54, 1.807) is 18.2 Å². The maximum atomic E-state index is 13.9. The number of nitrogens with one attached hydrogen (secondary N) is 1. The van der Waals surface area contributed by atoms with Gasteiger partial charge in [0.05, 0.1) is 11.8 Å². The van der Waals surface area contributed by atoms with Crippen molar-refractivity contribution in [3.63, 3.8) is 0 Å². The fourth-order valence-corrected chi connectivity index (χ4v) is 4.50. The zero-order chi connectivity index (χ0) is 21.5. The zero-order valence-corrected chi connectivity index (χ0v) is 18.2. The molecule has 7 heteroatoms. The minimum absolute atomic E-state index is 0.107. The van der Waals surface area contributed by atoms with E-state index in [2.05, 4.69) is 27.3 Å². The van der Waals surface area contributed by atoms with E-state index in [1.807, 2.05) is 23.9 Å². The number of thioether (sulfide) groups is 1. The Morgan fingerprint density at radius 3 is 2.65 bits per heavy atom. The van der Waals surface area contributed by atoms with Crippen molar-refractivity contribution in [1.29, 1.82) is 0 Å². The lowest BCUT2D eigenvalue weighted by Gasteiger charge is -2.26. The standard InChI is InChI=1S/C24H26FN3O2S/c25-21-4-2-1-3-20(21)22-17-26-24(30-22)10-9-23(29)27-19-7-5-18(6-8-19)11-12-28-13-15-31-16-14-28/h1-8,17H,9-16H2,(H,27,29). The first-order chi connectivity index (χ1) is 15.2. The summed E-state index contributed by atoms with van der Waals surface area (Å²) < 4.78 is 19.5. The topological polar surface area (TPSA) is 58.4 Å². The summed E-state index contributed by atoms with van der Waals surface area (Å²) in [4.78, 5) is 19.0. The first-order valence-corrected chi connectivity index (χ1v) is 11.7. The molecule has 0 aliphatic carbocycles. The molecule has 0 unspecified atom stereocenters. The Morgan fingerprint density at radius 2 is 1.87 bits per heavy atom. The second-order valence-electron chi connectivity index (χ2n) is 7.55. The molecule has 1 aromatic heterocycles. The molecule has 4 rings (SSSR count). The smallest absolute Gasteiger partial charge is 0.224 e. The maximum absolute atomic E-state index is 13.9. The Bertz CT molecular complexity index is 1000. The van der Waals surface area contributed by atoms with Crippen LogP contribution in [0.2, 0.25) is 0 Å². The average Bonchev–Trinajstić information content (AvgIpc) is 3.27. The van der Waals surface area contributed by atoms with E-state index in [0.717, 1.165) is 18.7 Å². The predicted octanol–water partition coefficient (Wildman–Crippen LogP) is 4.64. The molecule has 2 heterocycles. The van der Waals surface area contributed by atoms with Crippen LogP contribution in [-0.4, -0.2) is 46.9 Å². The second kappa shape index (κ2) is 10.6. The van der Waals surface area contributed by atoms with Crippen LogP contribution in [0.4, 0.5) is 10.1 Å². The van der Waals surface area contributed by atoms with Gasteiger partial charge in [0.1, 0.15) is 5.82 Å². The molecule has 162 valence electrons. The van der Waals surface area contributed by atoms with E-state index in [9.17, 15) is 9.18 Å². The van der Waals surface area contributed by atoms with Crippen LogP contribution in [0.1, 0.15) is 17.9 Å². The number of oxazole rings is 1. The first kappa shape index (κ1) is 21.6. The normalized spacial score (nSPS) is 14.5. The van der Waals surface area contributed by atoms with Crippen molar-refractivity contribution in [2.75, 3.05) is 36.5 Å². The minimum atomic E-state index is -0.360. The van der Waals surface area contributed by atoms with Gasteiger partial charge in [-0.15, -0.1) is 0 Å². The molecule has 1 N–H and O–H groups in total. The molecule has 1 aliphatic rings. The fraction of sp³-hybridized carbons (Fsp3) is 0.333. The summed E-state index contributed by atoms with van der Waals surface area (Å²) in [6.07, 6.45) is 3.11. The SMILES string of the molecule is O=C(CCc1ncc(-c2ccccc2F)o1)Nc1ccc(CCN2CCSCC2)cc1. The third-order valence-electron chi connectivity index (χ3n) is 5.32. The number of hydrogen-bond donors (Lipinski definition) is 1. The van der Waals surface area contributed by atoms with Gasteiger partial charge in [0.2, 0.25) is 5.91 Å². The summed E-state index contributed by atoms with van der Waals surface area (Å²) in [7, 11) is 0. The Balaban J connectivity index is 1.23. The van der Waals surface area contributed by atoms with Crippen LogP contribution in [0.3, 0.4) is 0 Å². The van der Waals surface area contributed by atoms with E-state index >= 15 is 0 Å². The zero-order valence-electron chi connectivity index (χ0n) is 17.4. The number of carbonyl (C=O) groups is 1. The molecule has 2 aromatic carbocycles. The molecule has 5 nitrogen and oxygen atoms in total. The van der Waals surface area contributed by atoms with Gasteiger partial charge in [-0.2, -0.15) is 11.8 Å². The van der Waals surface area contributed by atoms with Gasteiger partial charge in [0, 0.05) is 49.7 Å². The van der Waals surface area contributed by atoms with Crippen LogP contribution >= 0.6 is 11.8 Å². The van der Waals surface area contributed by atoms with E-state index in [0.29, 0.717) is 23.6 Å². The molecule has 1 fully saturated rings. The molecule has 3 aromatic rings. The molecule has 0 radical (unpaired) electrons. The van der Waals surface area contributed by atoms with Crippen LogP contribution in [0.25, 0.3) is 11.3 Å². The van der Waals surface area contributed by atoms with E-state index < -0.39 is 0 Å². The number of nitrogens with zero attached hydrogens (tertiary/aromatic N) is 2. The number of carbonyl (C=O) groups excluding carboxylic acids is 1. The number of hydrogen-bond acceptors (Lipinski definition) is 5. The van der Waals surface area contributed by atoms with Crippen molar-refractivity contribution >= 4 is 23.4 Å². The van der Waals surface area contributed by atoms with Gasteiger partial charge in [-0.1, -0.05) is 24.3 Å². The van der Waals surface area contributed by atoms with Crippen LogP contribution < -0.4 is 5.32 Å². The highest BCUT2D eigenvalue weighted by molar-refractivity contribution is 7.99. The van der Waals surface area contributed by atoms with Gasteiger partial charge in [0.25, 0.3) is 0 Å². The highest BCUT2D eigenvalue weighted by Gasteiger charge is 2.12.